The van der Waals surface area contributed by atoms with Crippen LogP contribution in [0.15, 0.2) is 17.4 Å². The zero-order valence-corrected chi connectivity index (χ0v) is 7.36. The molecule has 0 atom stereocenters. The van der Waals surface area contributed by atoms with Crippen molar-refractivity contribution in [2.45, 2.75) is 26.2 Å². The van der Waals surface area contributed by atoms with E-state index in [-0.39, 0.29) is 0 Å². The lowest BCUT2D eigenvalue weighted by Gasteiger charge is -2.18. The quantitative estimate of drug-likeness (QED) is 0.632. The Morgan fingerprint density at radius 1 is 1.50 bits per heavy atom. The van der Waals surface area contributed by atoms with E-state index in [0.29, 0.717) is 6.61 Å². The molecule has 0 aromatic carbocycles. The second kappa shape index (κ2) is 5.60. The predicted octanol–water partition coefficient (Wildman–Crippen LogP) is 1.43. The van der Waals surface area contributed by atoms with E-state index in [9.17, 15) is 0 Å². The van der Waals surface area contributed by atoms with Crippen LogP contribution >= 0.6 is 0 Å². The molecule has 1 aliphatic heterocycles. The van der Waals surface area contributed by atoms with Crippen LogP contribution in [0.2, 0.25) is 0 Å². The van der Waals surface area contributed by atoms with Crippen LogP contribution in [0.4, 0.5) is 0 Å². The van der Waals surface area contributed by atoms with E-state index < -0.39 is 0 Å². The van der Waals surface area contributed by atoms with Gasteiger partial charge in [-0.25, -0.2) is 4.84 Å². The fourth-order valence-corrected chi connectivity index (χ4v) is 0.856. The molecule has 0 bridgehead atoms. The average Bonchev–Trinajstić information content (AvgIpc) is 2.14. The lowest BCUT2D eigenvalue weighted by atomic mass is 10.3. The molecule has 0 unspecified atom stereocenters. The van der Waals surface area contributed by atoms with Crippen LogP contribution in [-0.4, -0.2) is 18.1 Å². The highest BCUT2D eigenvalue weighted by Gasteiger charge is 1.98. The SMILES string of the molecule is CCCCCON1N=CC=CN1. The average molecular weight is 169 g/mol. The molecule has 0 saturated carbocycles. The monoisotopic (exact) mass is 169 g/mol. The van der Waals surface area contributed by atoms with Crippen molar-refractivity contribution in [3.8, 4) is 0 Å². The molecule has 0 aromatic rings. The molecule has 0 spiro atoms. The zero-order chi connectivity index (χ0) is 8.65. The molecular formula is C8H15N3O. The minimum absolute atomic E-state index is 0.714. The summed E-state index contributed by atoms with van der Waals surface area (Å²) in [5.41, 5.74) is 2.83. The van der Waals surface area contributed by atoms with Crippen LogP contribution in [0.3, 0.4) is 0 Å². The van der Waals surface area contributed by atoms with Gasteiger partial charge in [0.15, 0.2) is 0 Å². The highest BCUT2D eigenvalue weighted by Crippen LogP contribution is 1.97. The third kappa shape index (κ3) is 3.39. The Kier molecular flexibility index (Phi) is 4.23. The molecular weight excluding hydrogens is 154 g/mol. The molecule has 1 heterocycles. The van der Waals surface area contributed by atoms with E-state index in [1.54, 1.807) is 12.4 Å². The summed E-state index contributed by atoms with van der Waals surface area (Å²) in [5, 5.41) is 5.29. The van der Waals surface area contributed by atoms with E-state index in [4.69, 9.17) is 4.84 Å². The van der Waals surface area contributed by atoms with E-state index in [1.807, 2.05) is 6.08 Å². The van der Waals surface area contributed by atoms with Gasteiger partial charge in [0, 0.05) is 6.20 Å². The normalized spacial score (nSPS) is 14.9. The van der Waals surface area contributed by atoms with E-state index in [1.165, 1.54) is 18.1 Å². The van der Waals surface area contributed by atoms with Crippen LogP contribution in [0.25, 0.3) is 0 Å². The van der Waals surface area contributed by atoms with E-state index in [0.717, 1.165) is 6.42 Å². The van der Waals surface area contributed by atoms with Crippen LogP contribution in [0.1, 0.15) is 26.2 Å². The molecule has 0 aliphatic carbocycles. The lowest BCUT2D eigenvalue weighted by Crippen LogP contribution is -2.31. The molecule has 0 saturated heterocycles. The highest BCUT2D eigenvalue weighted by molar-refractivity contribution is 5.70. The smallest absolute Gasteiger partial charge is 0.0787 e. The predicted molar refractivity (Wildman–Crippen MR) is 48.1 cm³/mol. The first kappa shape index (κ1) is 9.06. The van der Waals surface area contributed by atoms with Crippen LogP contribution in [0.5, 0.6) is 0 Å². The molecule has 0 aromatic heterocycles. The third-order valence-corrected chi connectivity index (χ3v) is 1.50. The van der Waals surface area contributed by atoms with Crippen LogP contribution < -0.4 is 5.43 Å². The van der Waals surface area contributed by atoms with Crippen molar-refractivity contribution in [1.82, 2.24) is 10.7 Å². The highest BCUT2D eigenvalue weighted by atomic mass is 16.7. The van der Waals surface area contributed by atoms with Crippen molar-refractivity contribution in [1.29, 1.82) is 0 Å². The van der Waals surface area contributed by atoms with Crippen molar-refractivity contribution < 1.29 is 4.84 Å². The Morgan fingerprint density at radius 3 is 3.08 bits per heavy atom. The Labute approximate surface area is 72.8 Å². The molecule has 12 heavy (non-hydrogen) atoms. The summed E-state index contributed by atoms with van der Waals surface area (Å²) >= 11 is 0. The van der Waals surface area contributed by atoms with Gasteiger partial charge in [0.2, 0.25) is 0 Å². The van der Waals surface area contributed by atoms with Gasteiger partial charge in [-0.2, -0.15) is 0 Å². The summed E-state index contributed by atoms with van der Waals surface area (Å²) in [6, 6.07) is 0. The number of rotatable bonds is 5. The molecule has 68 valence electrons. The second-order valence-electron chi connectivity index (χ2n) is 2.57. The van der Waals surface area contributed by atoms with Crippen molar-refractivity contribution >= 4 is 6.21 Å². The van der Waals surface area contributed by atoms with Gasteiger partial charge >= 0.3 is 0 Å². The van der Waals surface area contributed by atoms with Crippen LogP contribution in [0, 0.1) is 0 Å². The summed E-state index contributed by atoms with van der Waals surface area (Å²) in [5.74, 6) is 0. The molecule has 4 heteroatoms. The van der Waals surface area contributed by atoms with Gasteiger partial charge in [0.1, 0.15) is 0 Å². The first-order valence-corrected chi connectivity index (χ1v) is 4.32. The second-order valence-corrected chi connectivity index (χ2v) is 2.57. The van der Waals surface area contributed by atoms with Crippen molar-refractivity contribution in [3.05, 3.63) is 12.3 Å². The maximum absolute atomic E-state index is 5.26. The number of nitrogens with zero attached hydrogens (tertiary/aromatic N) is 2. The Bertz CT molecular complexity index is 168. The number of hydrogen-bond acceptors (Lipinski definition) is 4. The van der Waals surface area contributed by atoms with Gasteiger partial charge in [-0.1, -0.05) is 25.0 Å². The largest absolute Gasteiger partial charge is 0.265 e. The molecule has 0 radical (unpaired) electrons. The van der Waals surface area contributed by atoms with Crippen LogP contribution in [-0.2, 0) is 4.84 Å². The number of unbranched alkanes of at least 4 members (excludes halogenated alkanes) is 2. The maximum Gasteiger partial charge on any atom is 0.0787 e. The van der Waals surface area contributed by atoms with Gasteiger partial charge in [-0.15, -0.1) is 5.10 Å². The first-order valence-electron chi connectivity index (χ1n) is 4.32. The molecule has 1 rings (SSSR count). The van der Waals surface area contributed by atoms with Crippen molar-refractivity contribution in [2.75, 3.05) is 6.61 Å². The van der Waals surface area contributed by atoms with Crippen molar-refractivity contribution in [2.24, 2.45) is 5.10 Å². The fourth-order valence-electron chi connectivity index (χ4n) is 0.856. The van der Waals surface area contributed by atoms with Gasteiger partial charge < -0.3 is 0 Å². The minimum atomic E-state index is 0.714. The maximum atomic E-state index is 5.26. The summed E-state index contributed by atoms with van der Waals surface area (Å²) < 4.78 is 0. The number of nitrogens with one attached hydrogen (secondary N) is 1. The van der Waals surface area contributed by atoms with E-state index in [2.05, 4.69) is 17.5 Å². The summed E-state index contributed by atoms with van der Waals surface area (Å²) in [6.07, 6.45) is 8.75. The van der Waals surface area contributed by atoms with E-state index >= 15 is 0 Å². The Hall–Kier alpha value is -1.03. The van der Waals surface area contributed by atoms with Gasteiger partial charge in [-0.3, -0.25) is 5.43 Å². The molecule has 1 N–H and O–H groups in total. The molecule has 0 fully saturated rings. The molecule has 1 aliphatic rings. The number of hydrazone groups is 1. The number of allylic oxidation sites excluding steroid dienone is 1. The summed E-state index contributed by atoms with van der Waals surface area (Å²) in [7, 11) is 0. The standard InChI is InChI=1S/C8H15N3O/c1-2-3-4-8-12-11-9-6-5-7-10-11/h5-7,9H,2-4,8H2,1H3. The number of hydrazine groups is 1. The molecule has 0 amide bonds. The van der Waals surface area contributed by atoms with Gasteiger partial charge in [-0.05, 0) is 12.5 Å². The Balaban J connectivity index is 2.00. The van der Waals surface area contributed by atoms with Gasteiger partial charge in [0.05, 0.1) is 12.8 Å². The topological polar surface area (TPSA) is 36.9 Å². The lowest BCUT2D eigenvalue weighted by molar-refractivity contribution is -0.187. The molecule has 4 nitrogen and oxygen atoms in total. The summed E-state index contributed by atoms with van der Waals surface area (Å²) in [4.78, 5) is 5.26. The first-order chi connectivity index (χ1) is 5.93. The van der Waals surface area contributed by atoms with Gasteiger partial charge in [0.25, 0.3) is 0 Å². The minimum Gasteiger partial charge on any atom is -0.265 e. The fraction of sp³-hybridized carbons (Fsp3) is 0.625. The summed E-state index contributed by atoms with van der Waals surface area (Å²) in [6.45, 7) is 2.88. The third-order valence-electron chi connectivity index (χ3n) is 1.50. The number of hydrogen-bond donors (Lipinski definition) is 1. The Morgan fingerprint density at radius 2 is 2.42 bits per heavy atom. The zero-order valence-electron chi connectivity index (χ0n) is 7.36. The van der Waals surface area contributed by atoms with Crippen molar-refractivity contribution in [3.63, 3.8) is 0 Å².